The van der Waals surface area contributed by atoms with Crippen molar-refractivity contribution in [2.75, 3.05) is 11.9 Å². The van der Waals surface area contributed by atoms with Gasteiger partial charge in [-0.2, -0.15) is 0 Å². The summed E-state index contributed by atoms with van der Waals surface area (Å²) in [6, 6.07) is 9.60. The summed E-state index contributed by atoms with van der Waals surface area (Å²) in [4.78, 5) is 27.8. The highest BCUT2D eigenvalue weighted by Gasteiger charge is 2.33. The molecule has 0 bridgehead atoms. The number of nitrogens with one attached hydrogen (secondary N) is 2. The Morgan fingerprint density at radius 3 is 2.56 bits per heavy atom. The van der Waals surface area contributed by atoms with Crippen LogP contribution in [0.2, 0.25) is 10.0 Å². The van der Waals surface area contributed by atoms with Crippen molar-refractivity contribution in [3.8, 4) is 0 Å². The third kappa shape index (κ3) is 5.81. The molecule has 0 saturated carbocycles. The zero-order valence-electron chi connectivity index (χ0n) is 17.8. The molecular formula is C22H25Cl2N3O4S. The summed E-state index contributed by atoms with van der Waals surface area (Å²) < 4.78 is 27.5. The zero-order chi connectivity index (χ0) is 23.5. The maximum absolute atomic E-state index is 13.3. The molecule has 1 aliphatic heterocycles. The van der Waals surface area contributed by atoms with E-state index in [0.29, 0.717) is 28.7 Å². The van der Waals surface area contributed by atoms with Gasteiger partial charge < -0.3 is 10.2 Å². The van der Waals surface area contributed by atoms with Gasteiger partial charge in [0.2, 0.25) is 15.9 Å². The van der Waals surface area contributed by atoms with E-state index in [2.05, 4.69) is 10.0 Å². The fraction of sp³-hybridized carbons (Fsp3) is 0.364. The summed E-state index contributed by atoms with van der Waals surface area (Å²) in [5.41, 5.74) is 0.576. The van der Waals surface area contributed by atoms with Crippen molar-refractivity contribution >= 4 is 50.7 Å². The molecule has 1 aliphatic rings. The molecule has 0 aliphatic carbocycles. The molecule has 172 valence electrons. The van der Waals surface area contributed by atoms with Gasteiger partial charge in [-0.1, -0.05) is 29.3 Å². The molecule has 2 amide bonds. The average molecular weight is 498 g/mol. The first kappa shape index (κ1) is 24.5. The molecule has 3 rings (SSSR count). The van der Waals surface area contributed by atoms with Crippen LogP contribution in [0.1, 0.15) is 43.5 Å². The molecule has 10 heteroatoms. The van der Waals surface area contributed by atoms with Crippen LogP contribution >= 0.6 is 23.2 Å². The predicted octanol–water partition coefficient (Wildman–Crippen LogP) is 4.31. The van der Waals surface area contributed by atoms with Crippen LogP contribution in [0, 0.1) is 0 Å². The molecule has 1 atom stereocenters. The lowest BCUT2D eigenvalue weighted by Gasteiger charge is -2.35. The third-order valence-electron chi connectivity index (χ3n) is 5.03. The van der Waals surface area contributed by atoms with E-state index in [9.17, 15) is 18.0 Å². The Bertz CT molecular complexity index is 1120. The molecule has 2 aromatic carbocycles. The van der Waals surface area contributed by atoms with Gasteiger partial charge in [-0.05, 0) is 69.5 Å². The van der Waals surface area contributed by atoms with E-state index in [1.54, 1.807) is 38.1 Å². The van der Waals surface area contributed by atoms with Gasteiger partial charge in [0.25, 0.3) is 5.91 Å². The van der Waals surface area contributed by atoms with Crippen LogP contribution in [0.25, 0.3) is 0 Å². The molecule has 1 fully saturated rings. The minimum absolute atomic E-state index is 0.000713. The highest BCUT2D eigenvalue weighted by Crippen LogP contribution is 2.27. The average Bonchev–Trinajstić information content (AvgIpc) is 2.75. The largest absolute Gasteiger partial charge is 0.327 e. The number of rotatable bonds is 6. The summed E-state index contributed by atoms with van der Waals surface area (Å²) in [5.74, 6) is -0.767. The Kier molecular flexibility index (Phi) is 7.82. The van der Waals surface area contributed by atoms with Gasteiger partial charge in [-0.3, -0.25) is 9.59 Å². The van der Waals surface area contributed by atoms with Gasteiger partial charge in [0.15, 0.2) is 0 Å². The number of halogens is 2. The van der Waals surface area contributed by atoms with E-state index in [1.165, 1.54) is 23.1 Å². The number of amides is 2. The maximum atomic E-state index is 13.3. The second-order valence-corrected chi connectivity index (χ2v) is 10.5. The topological polar surface area (TPSA) is 95.6 Å². The Morgan fingerprint density at radius 1 is 1.09 bits per heavy atom. The number of hydrogen-bond donors (Lipinski definition) is 2. The monoisotopic (exact) mass is 497 g/mol. The highest BCUT2D eigenvalue weighted by atomic mass is 35.5. The zero-order valence-corrected chi connectivity index (χ0v) is 20.1. The van der Waals surface area contributed by atoms with E-state index >= 15 is 0 Å². The van der Waals surface area contributed by atoms with E-state index in [1.807, 2.05) is 0 Å². The lowest BCUT2D eigenvalue weighted by molar-refractivity contribution is -0.121. The van der Waals surface area contributed by atoms with Crippen LogP contribution in [0.15, 0.2) is 47.4 Å². The van der Waals surface area contributed by atoms with E-state index in [4.69, 9.17) is 23.2 Å². The van der Waals surface area contributed by atoms with E-state index in [0.717, 1.165) is 12.8 Å². The highest BCUT2D eigenvalue weighted by molar-refractivity contribution is 7.89. The van der Waals surface area contributed by atoms with Crippen molar-refractivity contribution < 1.29 is 18.0 Å². The first-order valence-corrected chi connectivity index (χ1v) is 12.5. The van der Waals surface area contributed by atoms with Gasteiger partial charge in [-0.25, -0.2) is 13.1 Å². The number of anilines is 1. The van der Waals surface area contributed by atoms with Crippen molar-refractivity contribution in [2.45, 2.75) is 50.1 Å². The van der Waals surface area contributed by atoms with Crippen molar-refractivity contribution in [3.05, 3.63) is 58.1 Å². The molecular weight excluding hydrogens is 473 g/mol. The quantitative estimate of drug-likeness (QED) is 0.621. The summed E-state index contributed by atoms with van der Waals surface area (Å²) in [6.45, 7) is 3.83. The standard InChI is InChI=1S/C22H25Cl2N3O4S/c1-14(2)26-32(30,31)17-7-5-6-15(12-17)22(29)27-11-4-3-8-20(27)21(28)25-19-13-16(23)9-10-18(19)24/h5-7,9-10,12-14,20,26H,3-4,8,11H2,1-2H3,(H,25,28). The van der Waals surface area contributed by atoms with Crippen LogP contribution in [0.4, 0.5) is 5.69 Å². The number of sulfonamides is 1. The Morgan fingerprint density at radius 2 is 1.84 bits per heavy atom. The number of nitrogens with zero attached hydrogens (tertiary/aromatic N) is 1. The van der Waals surface area contributed by atoms with E-state index in [-0.39, 0.29) is 22.4 Å². The smallest absolute Gasteiger partial charge is 0.254 e. The van der Waals surface area contributed by atoms with Gasteiger partial charge in [-0.15, -0.1) is 0 Å². The number of carbonyl (C=O) groups is 2. The number of likely N-dealkylation sites (tertiary alicyclic amines) is 1. The van der Waals surface area contributed by atoms with Crippen molar-refractivity contribution in [1.29, 1.82) is 0 Å². The van der Waals surface area contributed by atoms with Crippen LogP contribution < -0.4 is 10.0 Å². The minimum atomic E-state index is -3.75. The lowest BCUT2D eigenvalue weighted by atomic mass is 10.00. The summed E-state index contributed by atoms with van der Waals surface area (Å²) >= 11 is 12.2. The number of hydrogen-bond acceptors (Lipinski definition) is 4. The SMILES string of the molecule is CC(C)NS(=O)(=O)c1cccc(C(=O)N2CCCCC2C(=O)Nc2cc(Cl)ccc2Cl)c1. The third-order valence-corrected chi connectivity index (χ3v) is 7.26. The molecule has 0 aromatic heterocycles. The van der Waals surface area contributed by atoms with Gasteiger partial charge >= 0.3 is 0 Å². The number of carbonyl (C=O) groups excluding carboxylic acids is 2. The normalized spacial score (nSPS) is 16.8. The molecule has 2 N–H and O–H groups in total. The Labute approximate surface area is 198 Å². The Hall–Kier alpha value is -2.13. The van der Waals surface area contributed by atoms with Gasteiger partial charge in [0.1, 0.15) is 6.04 Å². The molecule has 7 nitrogen and oxygen atoms in total. The summed E-state index contributed by atoms with van der Waals surface area (Å²) in [5, 5.41) is 3.52. The lowest BCUT2D eigenvalue weighted by Crippen LogP contribution is -2.50. The van der Waals surface area contributed by atoms with Crippen LogP contribution in [0.5, 0.6) is 0 Å². The molecule has 1 heterocycles. The predicted molar refractivity (Wildman–Crippen MR) is 126 cm³/mol. The minimum Gasteiger partial charge on any atom is -0.327 e. The van der Waals surface area contributed by atoms with Crippen LogP contribution in [-0.4, -0.2) is 43.8 Å². The van der Waals surface area contributed by atoms with Crippen molar-refractivity contribution in [3.63, 3.8) is 0 Å². The number of benzene rings is 2. The van der Waals surface area contributed by atoms with Crippen molar-refractivity contribution in [2.24, 2.45) is 0 Å². The fourth-order valence-corrected chi connectivity index (χ4v) is 5.23. The first-order valence-electron chi connectivity index (χ1n) is 10.3. The van der Waals surface area contributed by atoms with Gasteiger partial charge in [0.05, 0.1) is 15.6 Å². The van der Waals surface area contributed by atoms with Crippen molar-refractivity contribution in [1.82, 2.24) is 9.62 Å². The second-order valence-electron chi connectivity index (χ2n) is 7.93. The van der Waals surface area contributed by atoms with E-state index < -0.39 is 22.0 Å². The molecule has 32 heavy (non-hydrogen) atoms. The fourth-order valence-electron chi connectivity index (χ4n) is 3.60. The summed E-state index contributed by atoms with van der Waals surface area (Å²) in [6.07, 6.45) is 2.03. The molecule has 0 radical (unpaired) electrons. The molecule has 0 spiro atoms. The van der Waals surface area contributed by atoms with Gasteiger partial charge in [0, 0.05) is 23.2 Å². The first-order chi connectivity index (χ1) is 15.1. The van der Waals surface area contributed by atoms with Crippen LogP contribution in [-0.2, 0) is 14.8 Å². The number of piperidine rings is 1. The molecule has 1 unspecified atom stereocenters. The Balaban J connectivity index is 1.84. The second kappa shape index (κ2) is 10.2. The van der Waals surface area contributed by atoms with Crippen LogP contribution in [0.3, 0.4) is 0 Å². The summed E-state index contributed by atoms with van der Waals surface area (Å²) in [7, 11) is -3.75. The molecule has 1 saturated heterocycles. The maximum Gasteiger partial charge on any atom is 0.254 e. The molecule has 2 aromatic rings.